The Morgan fingerprint density at radius 3 is 1.23 bits per heavy atom. The van der Waals surface area contributed by atoms with Crippen LogP contribution in [0.4, 0.5) is 0 Å². The lowest BCUT2D eigenvalue weighted by Gasteiger charge is -2.17. The van der Waals surface area contributed by atoms with Crippen molar-refractivity contribution in [2.75, 3.05) is 14.2 Å². The van der Waals surface area contributed by atoms with E-state index in [9.17, 15) is 10.2 Å². The molecular weight excluding hydrogens is 592 g/mol. The molecule has 0 aliphatic carbocycles. The Kier molecular flexibility index (Phi) is 23.2. The van der Waals surface area contributed by atoms with Crippen molar-refractivity contribution in [3.8, 4) is 23.0 Å². The summed E-state index contributed by atoms with van der Waals surface area (Å²) in [5.41, 5.74) is 2.64. The molecule has 0 saturated heterocycles. The molecule has 48 heavy (non-hydrogen) atoms. The van der Waals surface area contributed by atoms with Gasteiger partial charge in [0.2, 0.25) is 11.5 Å². The molecule has 4 nitrogen and oxygen atoms in total. The highest BCUT2D eigenvalue weighted by Gasteiger charge is 2.22. The summed E-state index contributed by atoms with van der Waals surface area (Å²) in [5.74, 6) is 5.59. The lowest BCUT2D eigenvalue weighted by Crippen LogP contribution is -2.03. The van der Waals surface area contributed by atoms with E-state index in [0.717, 1.165) is 41.9 Å². The molecule has 0 heterocycles. The first-order chi connectivity index (χ1) is 22.8. The molecule has 4 heteroatoms. The van der Waals surface area contributed by atoms with Gasteiger partial charge in [-0.1, -0.05) is 163 Å². The number of aromatic hydroxyl groups is 2. The molecule has 5 atom stereocenters. The normalized spacial score (nSPS) is 15.4. The Morgan fingerprint density at radius 2 is 0.875 bits per heavy atom. The number of benzene rings is 1. The van der Waals surface area contributed by atoms with Crippen molar-refractivity contribution in [3.63, 3.8) is 0 Å². The zero-order valence-corrected chi connectivity index (χ0v) is 33.7. The summed E-state index contributed by atoms with van der Waals surface area (Å²) in [6, 6.07) is 0. The summed E-state index contributed by atoms with van der Waals surface area (Å²) in [5, 5.41) is 21.2. The highest BCUT2D eigenvalue weighted by Crippen LogP contribution is 2.48. The van der Waals surface area contributed by atoms with Crippen LogP contribution in [0.5, 0.6) is 23.0 Å². The number of rotatable bonds is 28. The topological polar surface area (TPSA) is 58.9 Å². The van der Waals surface area contributed by atoms with Crippen molar-refractivity contribution in [2.24, 2.45) is 35.5 Å². The Balaban J connectivity index is 2.16. The van der Waals surface area contributed by atoms with Crippen LogP contribution in [-0.2, 0) is 6.42 Å². The van der Waals surface area contributed by atoms with Crippen molar-refractivity contribution in [1.82, 2.24) is 0 Å². The van der Waals surface area contributed by atoms with E-state index in [4.69, 9.17) is 9.47 Å². The van der Waals surface area contributed by atoms with Crippen LogP contribution < -0.4 is 9.47 Å². The number of methoxy groups -OCH3 is 2. The fraction of sp³-hybridized carbons (Fsp3) is 0.818. The van der Waals surface area contributed by atoms with Crippen molar-refractivity contribution in [1.29, 1.82) is 0 Å². The predicted octanol–water partition coefficient (Wildman–Crippen LogP) is 13.8. The van der Waals surface area contributed by atoms with E-state index in [0.29, 0.717) is 17.5 Å². The zero-order chi connectivity index (χ0) is 36.1. The molecule has 0 bridgehead atoms. The van der Waals surface area contributed by atoms with Crippen LogP contribution in [0.3, 0.4) is 0 Å². The van der Waals surface area contributed by atoms with Crippen molar-refractivity contribution in [2.45, 2.75) is 184 Å². The molecule has 1 aromatic carbocycles. The minimum absolute atomic E-state index is 0.0278. The molecule has 0 spiro atoms. The van der Waals surface area contributed by atoms with E-state index >= 15 is 0 Å². The monoisotopic (exact) mass is 673 g/mol. The zero-order valence-electron chi connectivity index (χ0n) is 33.7. The summed E-state index contributed by atoms with van der Waals surface area (Å²) in [4.78, 5) is 0. The minimum atomic E-state index is 0.0278. The van der Waals surface area contributed by atoms with Gasteiger partial charge in [0.15, 0.2) is 11.5 Å². The van der Waals surface area contributed by atoms with Crippen LogP contribution in [0.2, 0.25) is 0 Å². The average molecular weight is 673 g/mol. The van der Waals surface area contributed by atoms with Gasteiger partial charge in [-0.2, -0.15) is 0 Å². The highest BCUT2D eigenvalue weighted by atomic mass is 16.5. The first kappa shape index (κ1) is 44.2. The largest absolute Gasteiger partial charge is 0.504 e. The molecule has 0 amide bonds. The summed E-state index contributed by atoms with van der Waals surface area (Å²) in [6.07, 6.45) is 27.2. The minimum Gasteiger partial charge on any atom is -0.504 e. The maximum Gasteiger partial charge on any atom is 0.207 e. The number of allylic oxidation sites excluding steroid dienone is 2. The number of phenolic OH excluding ortho intramolecular Hbond substituents is 2. The van der Waals surface area contributed by atoms with Crippen LogP contribution in [0.1, 0.15) is 182 Å². The van der Waals surface area contributed by atoms with E-state index in [1.54, 1.807) is 6.92 Å². The fourth-order valence-corrected chi connectivity index (χ4v) is 7.43. The second kappa shape index (κ2) is 25.2. The number of phenols is 2. The lowest BCUT2D eigenvalue weighted by atomic mass is 9.89. The van der Waals surface area contributed by atoms with Gasteiger partial charge in [-0.15, -0.1) is 0 Å². The Morgan fingerprint density at radius 1 is 0.542 bits per heavy atom. The van der Waals surface area contributed by atoms with Gasteiger partial charge in [-0.05, 0) is 68.6 Å². The Hall–Kier alpha value is -1.84. The summed E-state index contributed by atoms with van der Waals surface area (Å²) in [6.45, 7) is 21.0. The van der Waals surface area contributed by atoms with Gasteiger partial charge >= 0.3 is 0 Å². The Labute approximate surface area is 298 Å². The molecule has 0 radical (unpaired) electrons. The van der Waals surface area contributed by atoms with E-state index < -0.39 is 0 Å². The fourth-order valence-electron chi connectivity index (χ4n) is 7.43. The van der Waals surface area contributed by atoms with Crippen LogP contribution >= 0.6 is 0 Å². The van der Waals surface area contributed by atoms with Crippen LogP contribution in [0.15, 0.2) is 11.6 Å². The van der Waals surface area contributed by atoms with Crippen molar-refractivity contribution in [3.05, 3.63) is 22.8 Å². The third-order valence-corrected chi connectivity index (χ3v) is 11.1. The van der Waals surface area contributed by atoms with Gasteiger partial charge in [0.1, 0.15) is 0 Å². The third-order valence-electron chi connectivity index (χ3n) is 11.1. The van der Waals surface area contributed by atoms with Gasteiger partial charge in [0.25, 0.3) is 0 Å². The SMILES string of the molecule is COc1c(O)c(C)c(C/C=C(/C)CCCC(C)CCCC(C)CCCC(C)CCCC(C)CCCC(C)CCCC(C)C)c(O)c1OC. The van der Waals surface area contributed by atoms with E-state index in [2.05, 4.69) is 61.5 Å². The molecular formula is C44H80O4. The van der Waals surface area contributed by atoms with Crippen LogP contribution in [0.25, 0.3) is 0 Å². The number of hydrogen-bond donors (Lipinski definition) is 2. The molecule has 1 aromatic rings. The summed E-state index contributed by atoms with van der Waals surface area (Å²) < 4.78 is 10.5. The average Bonchev–Trinajstić information content (AvgIpc) is 3.02. The molecule has 0 aliphatic heterocycles. The van der Waals surface area contributed by atoms with Crippen molar-refractivity contribution < 1.29 is 19.7 Å². The van der Waals surface area contributed by atoms with E-state index in [1.165, 1.54) is 129 Å². The van der Waals surface area contributed by atoms with Gasteiger partial charge in [0, 0.05) is 11.1 Å². The maximum atomic E-state index is 10.7. The van der Waals surface area contributed by atoms with Crippen LogP contribution in [0, 0.1) is 42.4 Å². The molecule has 1 rings (SSSR count). The standard InChI is InChI=1S/C44H80O4/c1-32(2)18-12-19-33(3)20-13-21-34(4)22-14-23-35(5)24-15-25-36(6)26-16-27-37(7)28-17-29-38(8)30-31-40-39(9)41(45)43(47-10)44(48-11)42(40)46/h30,32-37,45-46H,12-29,31H2,1-11H3/b38-30-. The smallest absolute Gasteiger partial charge is 0.207 e. The first-order valence-electron chi connectivity index (χ1n) is 20.1. The maximum absolute atomic E-state index is 10.7. The van der Waals surface area contributed by atoms with Gasteiger partial charge in [-0.3, -0.25) is 0 Å². The van der Waals surface area contributed by atoms with Crippen LogP contribution in [-0.4, -0.2) is 24.4 Å². The summed E-state index contributed by atoms with van der Waals surface area (Å²) >= 11 is 0. The predicted molar refractivity (Wildman–Crippen MR) is 209 cm³/mol. The van der Waals surface area contributed by atoms with Gasteiger partial charge in [0.05, 0.1) is 14.2 Å². The molecule has 0 fully saturated rings. The molecule has 280 valence electrons. The molecule has 5 unspecified atom stereocenters. The van der Waals surface area contributed by atoms with Gasteiger partial charge < -0.3 is 19.7 Å². The third kappa shape index (κ3) is 18.2. The second-order valence-electron chi connectivity index (χ2n) is 16.6. The highest BCUT2D eigenvalue weighted by molar-refractivity contribution is 5.66. The Bertz CT molecular complexity index is 1010. The van der Waals surface area contributed by atoms with E-state index in [-0.39, 0.29) is 23.0 Å². The van der Waals surface area contributed by atoms with E-state index in [1.807, 2.05) is 0 Å². The second-order valence-corrected chi connectivity index (χ2v) is 16.6. The van der Waals surface area contributed by atoms with Gasteiger partial charge in [-0.25, -0.2) is 0 Å². The van der Waals surface area contributed by atoms with Crippen molar-refractivity contribution >= 4 is 0 Å². The lowest BCUT2D eigenvalue weighted by molar-refractivity contribution is 0.314. The number of hydrogen-bond acceptors (Lipinski definition) is 4. The molecule has 0 aliphatic rings. The first-order valence-corrected chi connectivity index (χ1v) is 20.1. The molecule has 2 N–H and O–H groups in total. The molecule has 0 saturated carbocycles. The summed E-state index contributed by atoms with van der Waals surface area (Å²) in [7, 11) is 2.94. The number of ether oxygens (including phenoxy) is 2. The molecule has 0 aromatic heterocycles. The quantitative estimate of drug-likeness (QED) is 0.0687.